The molecule has 4 rings (SSSR count). The number of hydrogen-bond donors (Lipinski definition) is 1. The largest absolute Gasteiger partial charge is 0.377 e. The number of aromatic nitrogens is 4. The van der Waals surface area contributed by atoms with Crippen LogP contribution in [0.4, 0.5) is 11.4 Å². The van der Waals surface area contributed by atoms with Crippen LogP contribution in [0.25, 0.3) is 5.69 Å². The zero-order valence-corrected chi connectivity index (χ0v) is 16.2. The van der Waals surface area contributed by atoms with Gasteiger partial charge in [0.25, 0.3) is 11.2 Å². The summed E-state index contributed by atoms with van der Waals surface area (Å²) in [5.74, 6) is 0. The standard InChI is InChI=1S/C19H19ClN6O3/c20-18-17(21-11-13-9-10-24(23-13)14-3-1-2-4-14)12-22-25(19(18)27)15-5-7-16(8-6-15)26(28)29/h5-10,12,14,21H,1-4,11H2. The first kappa shape index (κ1) is 19.1. The van der Waals surface area contributed by atoms with Crippen LogP contribution in [0.1, 0.15) is 37.4 Å². The number of non-ortho nitro benzene ring substituents is 1. The minimum Gasteiger partial charge on any atom is -0.377 e. The molecule has 0 saturated heterocycles. The molecule has 1 fully saturated rings. The van der Waals surface area contributed by atoms with Crippen LogP contribution in [0.15, 0.2) is 47.5 Å². The first-order chi connectivity index (χ1) is 14.0. The average Bonchev–Trinajstić information content (AvgIpc) is 3.41. The maximum atomic E-state index is 12.6. The molecule has 1 saturated carbocycles. The smallest absolute Gasteiger partial charge is 0.292 e. The van der Waals surface area contributed by atoms with E-state index in [0.29, 0.717) is 24.0 Å². The molecule has 0 radical (unpaired) electrons. The van der Waals surface area contributed by atoms with Gasteiger partial charge >= 0.3 is 0 Å². The van der Waals surface area contributed by atoms with E-state index in [2.05, 4.69) is 15.5 Å². The van der Waals surface area contributed by atoms with Crippen LogP contribution in [0.5, 0.6) is 0 Å². The molecule has 2 heterocycles. The molecule has 0 aliphatic heterocycles. The van der Waals surface area contributed by atoms with Crippen LogP contribution in [0.3, 0.4) is 0 Å². The van der Waals surface area contributed by atoms with Crippen LogP contribution < -0.4 is 10.9 Å². The fourth-order valence-electron chi connectivity index (χ4n) is 3.49. The van der Waals surface area contributed by atoms with Crippen molar-refractivity contribution >= 4 is 23.0 Å². The maximum absolute atomic E-state index is 12.6. The highest BCUT2D eigenvalue weighted by atomic mass is 35.5. The number of benzene rings is 1. The Labute approximate surface area is 171 Å². The van der Waals surface area contributed by atoms with Crippen LogP contribution in [0, 0.1) is 10.1 Å². The van der Waals surface area contributed by atoms with Gasteiger partial charge in [0.15, 0.2) is 0 Å². The summed E-state index contributed by atoms with van der Waals surface area (Å²) < 4.78 is 3.11. The zero-order valence-electron chi connectivity index (χ0n) is 15.5. The Balaban J connectivity index is 1.48. The monoisotopic (exact) mass is 414 g/mol. The van der Waals surface area contributed by atoms with Gasteiger partial charge in [0.05, 0.1) is 40.8 Å². The number of anilines is 1. The molecule has 0 spiro atoms. The molecule has 29 heavy (non-hydrogen) atoms. The zero-order chi connectivity index (χ0) is 20.4. The third-order valence-electron chi connectivity index (χ3n) is 5.05. The van der Waals surface area contributed by atoms with Gasteiger partial charge in [-0.3, -0.25) is 19.6 Å². The highest BCUT2D eigenvalue weighted by Crippen LogP contribution is 2.28. The normalized spacial score (nSPS) is 14.2. The molecule has 1 aromatic carbocycles. The first-order valence-electron chi connectivity index (χ1n) is 9.33. The number of nitro groups is 1. The summed E-state index contributed by atoms with van der Waals surface area (Å²) in [6.07, 6.45) is 8.24. The summed E-state index contributed by atoms with van der Waals surface area (Å²) >= 11 is 6.24. The fraction of sp³-hybridized carbons (Fsp3) is 0.316. The highest BCUT2D eigenvalue weighted by molar-refractivity contribution is 6.32. The van der Waals surface area contributed by atoms with Gasteiger partial charge in [-0.1, -0.05) is 24.4 Å². The summed E-state index contributed by atoms with van der Waals surface area (Å²) in [5, 5.41) is 22.6. The summed E-state index contributed by atoms with van der Waals surface area (Å²) in [7, 11) is 0. The number of rotatable bonds is 6. The van der Waals surface area contributed by atoms with E-state index in [1.165, 1.54) is 43.3 Å². The van der Waals surface area contributed by atoms with E-state index >= 15 is 0 Å². The summed E-state index contributed by atoms with van der Waals surface area (Å²) in [5.41, 5.74) is 1.08. The van der Waals surface area contributed by atoms with E-state index in [-0.39, 0.29) is 10.7 Å². The summed E-state index contributed by atoms with van der Waals surface area (Å²) in [4.78, 5) is 22.8. The van der Waals surface area contributed by atoms with E-state index < -0.39 is 10.5 Å². The second kappa shape index (κ2) is 8.04. The van der Waals surface area contributed by atoms with E-state index in [1.54, 1.807) is 0 Å². The predicted molar refractivity (Wildman–Crippen MR) is 109 cm³/mol. The molecule has 3 aromatic rings. The van der Waals surface area contributed by atoms with Crippen molar-refractivity contribution in [3.05, 3.63) is 73.9 Å². The lowest BCUT2D eigenvalue weighted by Gasteiger charge is -2.10. The topological polar surface area (TPSA) is 108 Å². The van der Waals surface area contributed by atoms with E-state index in [9.17, 15) is 14.9 Å². The SMILES string of the molecule is O=c1c(Cl)c(NCc2ccn(C3CCCC3)n2)cnn1-c1ccc([N+](=O)[O-])cc1. The van der Waals surface area contributed by atoms with Crippen molar-refractivity contribution in [2.75, 3.05) is 5.32 Å². The van der Waals surface area contributed by atoms with Crippen LogP contribution in [-0.4, -0.2) is 24.5 Å². The minimum absolute atomic E-state index is 0.00595. The van der Waals surface area contributed by atoms with E-state index in [0.717, 1.165) is 23.2 Å². The number of halogens is 1. The summed E-state index contributed by atoms with van der Waals surface area (Å²) in [6.45, 7) is 0.419. The Bertz CT molecular complexity index is 1090. The number of hydrogen-bond acceptors (Lipinski definition) is 6. The molecule has 0 unspecified atom stereocenters. The molecule has 1 aliphatic rings. The summed E-state index contributed by atoms with van der Waals surface area (Å²) in [6, 6.07) is 7.94. The number of nitrogens with zero attached hydrogens (tertiary/aromatic N) is 5. The lowest BCUT2D eigenvalue weighted by molar-refractivity contribution is -0.384. The van der Waals surface area contributed by atoms with Gasteiger partial charge in [-0.2, -0.15) is 14.9 Å². The molecule has 9 nitrogen and oxygen atoms in total. The molecule has 1 N–H and O–H groups in total. The third-order valence-corrected chi connectivity index (χ3v) is 5.41. The van der Waals surface area contributed by atoms with E-state index in [4.69, 9.17) is 11.6 Å². The fourth-order valence-corrected chi connectivity index (χ4v) is 3.68. The van der Waals surface area contributed by atoms with Gasteiger partial charge in [-0.25, -0.2) is 0 Å². The molecule has 150 valence electrons. The van der Waals surface area contributed by atoms with E-state index in [1.807, 2.05) is 16.9 Å². The van der Waals surface area contributed by atoms with Crippen molar-refractivity contribution in [1.82, 2.24) is 19.6 Å². The molecule has 2 aromatic heterocycles. The predicted octanol–water partition coefficient (Wildman–Crippen LogP) is 3.72. The van der Waals surface area contributed by atoms with Crippen molar-refractivity contribution < 1.29 is 4.92 Å². The Kier molecular flexibility index (Phi) is 5.30. The third kappa shape index (κ3) is 4.00. The Morgan fingerprint density at radius 1 is 1.21 bits per heavy atom. The van der Waals surface area contributed by atoms with Crippen molar-refractivity contribution in [1.29, 1.82) is 0 Å². The van der Waals surface area contributed by atoms with Crippen molar-refractivity contribution in [3.8, 4) is 5.69 Å². The highest BCUT2D eigenvalue weighted by Gasteiger charge is 2.18. The molecule has 0 bridgehead atoms. The van der Waals surface area contributed by atoms with Crippen LogP contribution in [-0.2, 0) is 6.54 Å². The van der Waals surface area contributed by atoms with Crippen molar-refractivity contribution in [2.24, 2.45) is 0 Å². The maximum Gasteiger partial charge on any atom is 0.292 e. The molecule has 0 amide bonds. The molecular weight excluding hydrogens is 396 g/mol. The molecule has 0 atom stereocenters. The average molecular weight is 415 g/mol. The van der Waals surface area contributed by atoms with Crippen molar-refractivity contribution in [3.63, 3.8) is 0 Å². The minimum atomic E-state index is -0.512. The molecule has 1 aliphatic carbocycles. The van der Waals surface area contributed by atoms with Crippen molar-refractivity contribution in [2.45, 2.75) is 38.3 Å². The molecule has 10 heteroatoms. The van der Waals surface area contributed by atoms with Crippen LogP contribution >= 0.6 is 11.6 Å². The van der Waals surface area contributed by atoms with Crippen LogP contribution in [0.2, 0.25) is 5.02 Å². The number of nitrogens with one attached hydrogen (secondary N) is 1. The lowest BCUT2D eigenvalue weighted by atomic mass is 10.3. The first-order valence-corrected chi connectivity index (χ1v) is 9.71. The van der Waals surface area contributed by atoms with Gasteiger partial charge in [0.1, 0.15) is 5.02 Å². The lowest BCUT2D eigenvalue weighted by Crippen LogP contribution is -2.22. The van der Waals surface area contributed by atoms with Gasteiger partial charge < -0.3 is 5.32 Å². The Hall–Kier alpha value is -3.20. The van der Waals surface area contributed by atoms with Gasteiger partial charge in [-0.15, -0.1) is 0 Å². The van der Waals surface area contributed by atoms with Gasteiger partial charge in [-0.05, 0) is 31.0 Å². The Morgan fingerprint density at radius 2 is 1.93 bits per heavy atom. The Morgan fingerprint density at radius 3 is 2.62 bits per heavy atom. The second-order valence-electron chi connectivity index (χ2n) is 6.94. The molecular formula is C19H19ClN6O3. The second-order valence-corrected chi connectivity index (χ2v) is 7.32. The number of nitro benzene ring substituents is 1. The quantitative estimate of drug-likeness (QED) is 0.486. The van der Waals surface area contributed by atoms with Gasteiger partial charge in [0, 0.05) is 18.3 Å². The van der Waals surface area contributed by atoms with Gasteiger partial charge in [0.2, 0.25) is 0 Å².